The van der Waals surface area contributed by atoms with E-state index in [-0.39, 0.29) is 30.7 Å². The maximum absolute atomic E-state index is 12.9. The van der Waals surface area contributed by atoms with Gasteiger partial charge in [-0.3, -0.25) is 9.59 Å². The number of halogens is 2. The Balaban J connectivity index is 1.86. The average molecular weight is 393 g/mol. The summed E-state index contributed by atoms with van der Waals surface area (Å²) in [7, 11) is 0. The summed E-state index contributed by atoms with van der Waals surface area (Å²) in [6.45, 7) is 3.99. The third-order valence-electron chi connectivity index (χ3n) is 3.91. The predicted octanol–water partition coefficient (Wildman–Crippen LogP) is 3.41. The minimum Gasteiger partial charge on any atom is -0.481 e. The van der Waals surface area contributed by atoms with Crippen LogP contribution >= 0.6 is 11.6 Å². The number of carbonyl (C=O) groups is 2. The molecule has 27 heavy (non-hydrogen) atoms. The van der Waals surface area contributed by atoms with Crippen molar-refractivity contribution in [1.82, 2.24) is 10.2 Å². The third-order valence-corrected chi connectivity index (χ3v) is 4.16. The Hall–Kier alpha value is -2.60. The van der Waals surface area contributed by atoms with Crippen LogP contribution in [0.2, 0.25) is 5.02 Å². The van der Waals surface area contributed by atoms with E-state index in [1.165, 1.54) is 17.0 Å². The fourth-order valence-electron chi connectivity index (χ4n) is 2.40. The van der Waals surface area contributed by atoms with Gasteiger partial charge in [0.1, 0.15) is 11.6 Å². The second-order valence-corrected chi connectivity index (χ2v) is 6.41. The SMILES string of the molecule is CCN(CC(=O)NCc1ccc(F)cc1)C(=O)C(C)Oc1ccc(Cl)cc1. The Labute approximate surface area is 163 Å². The molecule has 0 saturated heterocycles. The van der Waals surface area contributed by atoms with Crippen molar-refractivity contribution in [3.63, 3.8) is 0 Å². The van der Waals surface area contributed by atoms with E-state index in [0.29, 0.717) is 17.3 Å². The third kappa shape index (κ3) is 6.57. The zero-order chi connectivity index (χ0) is 19.8. The van der Waals surface area contributed by atoms with Crippen LogP contribution in [0.25, 0.3) is 0 Å². The van der Waals surface area contributed by atoms with Crippen LogP contribution in [-0.2, 0) is 16.1 Å². The molecular weight excluding hydrogens is 371 g/mol. The van der Waals surface area contributed by atoms with E-state index >= 15 is 0 Å². The summed E-state index contributed by atoms with van der Waals surface area (Å²) in [5.41, 5.74) is 0.776. The van der Waals surface area contributed by atoms with Gasteiger partial charge in [0.25, 0.3) is 5.91 Å². The molecule has 0 radical (unpaired) electrons. The lowest BCUT2D eigenvalue weighted by molar-refractivity contribution is -0.141. The predicted molar refractivity (Wildman–Crippen MR) is 102 cm³/mol. The molecule has 0 saturated carbocycles. The highest BCUT2D eigenvalue weighted by Gasteiger charge is 2.23. The number of nitrogens with one attached hydrogen (secondary N) is 1. The smallest absolute Gasteiger partial charge is 0.263 e. The van der Waals surface area contributed by atoms with Crippen LogP contribution in [0, 0.1) is 5.82 Å². The van der Waals surface area contributed by atoms with E-state index in [1.54, 1.807) is 50.2 Å². The van der Waals surface area contributed by atoms with E-state index in [0.717, 1.165) is 5.56 Å². The van der Waals surface area contributed by atoms with Gasteiger partial charge in [0, 0.05) is 18.1 Å². The number of ether oxygens (including phenoxy) is 1. The first-order chi connectivity index (χ1) is 12.9. The van der Waals surface area contributed by atoms with Gasteiger partial charge in [-0.05, 0) is 55.8 Å². The van der Waals surface area contributed by atoms with Gasteiger partial charge in [0.2, 0.25) is 5.91 Å². The van der Waals surface area contributed by atoms with Gasteiger partial charge >= 0.3 is 0 Å². The summed E-state index contributed by atoms with van der Waals surface area (Å²) in [5, 5.41) is 3.30. The highest BCUT2D eigenvalue weighted by atomic mass is 35.5. The molecule has 0 aliphatic carbocycles. The molecule has 0 aliphatic rings. The average Bonchev–Trinajstić information content (AvgIpc) is 2.66. The summed E-state index contributed by atoms with van der Waals surface area (Å²) < 4.78 is 18.5. The van der Waals surface area contributed by atoms with E-state index in [4.69, 9.17) is 16.3 Å². The fourth-order valence-corrected chi connectivity index (χ4v) is 2.53. The van der Waals surface area contributed by atoms with E-state index in [2.05, 4.69) is 5.32 Å². The first kappa shape index (κ1) is 20.7. The molecule has 1 unspecified atom stereocenters. The van der Waals surface area contributed by atoms with Crippen molar-refractivity contribution in [1.29, 1.82) is 0 Å². The molecule has 2 rings (SSSR count). The Kier molecular flexibility index (Phi) is 7.61. The van der Waals surface area contributed by atoms with Crippen LogP contribution in [0.4, 0.5) is 4.39 Å². The van der Waals surface area contributed by atoms with E-state index < -0.39 is 6.10 Å². The zero-order valence-corrected chi connectivity index (χ0v) is 16.0. The molecule has 5 nitrogen and oxygen atoms in total. The Bertz CT molecular complexity index is 766. The van der Waals surface area contributed by atoms with Gasteiger partial charge in [0.05, 0.1) is 6.54 Å². The quantitative estimate of drug-likeness (QED) is 0.749. The van der Waals surface area contributed by atoms with Gasteiger partial charge in [-0.1, -0.05) is 23.7 Å². The normalized spacial score (nSPS) is 11.6. The maximum atomic E-state index is 12.9. The summed E-state index contributed by atoms with van der Waals surface area (Å²) in [4.78, 5) is 26.1. The molecule has 0 bridgehead atoms. The molecular formula is C20H22ClFN2O3. The fraction of sp³-hybridized carbons (Fsp3) is 0.300. The molecule has 2 aromatic rings. The second-order valence-electron chi connectivity index (χ2n) is 5.97. The molecule has 0 aliphatic heterocycles. The maximum Gasteiger partial charge on any atom is 0.263 e. The number of rotatable bonds is 8. The van der Waals surface area contributed by atoms with Crippen molar-refractivity contribution in [3.8, 4) is 5.75 Å². The van der Waals surface area contributed by atoms with Crippen LogP contribution < -0.4 is 10.1 Å². The van der Waals surface area contributed by atoms with Crippen LogP contribution in [0.15, 0.2) is 48.5 Å². The number of hydrogen-bond donors (Lipinski definition) is 1. The van der Waals surface area contributed by atoms with Gasteiger partial charge < -0.3 is 15.0 Å². The first-order valence-corrected chi connectivity index (χ1v) is 8.99. The van der Waals surface area contributed by atoms with E-state index in [1.807, 2.05) is 0 Å². The molecule has 2 aromatic carbocycles. The van der Waals surface area contributed by atoms with Crippen LogP contribution in [-0.4, -0.2) is 35.9 Å². The second kappa shape index (κ2) is 9.92. The highest BCUT2D eigenvalue weighted by molar-refractivity contribution is 6.30. The number of carbonyl (C=O) groups excluding carboxylic acids is 2. The standard InChI is InChI=1S/C20H22ClFN2O3/c1-3-24(13-19(25)23-12-15-4-8-17(22)9-5-15)20(26)14(2)27-18-10-6-16(21)7-11-18/h4-11,14H,3,12-13H2,1-2H3,(H,23,25). The molecule has 1 N–H and O–H groups in total. The Morgan fingerprint density at radius 1 is 1.15 bits per heavy atom. The summed E-state index contributed by atoms with van der Waals surface area (Å²) in [5.74, 6) is -0.392. The molecule has 1 atom stereocenters. The molecule has 0 spiro atoms. The molecule has 0 fully saturated rings. The number of likely N-dealkylation sites (N-methyl/N-ethyl adjacent to an activating group) is 1. The van der Waals surface area contributed by atoms with Crippen LogP contribution in [0.3, 0.4) is 0 Å². The topological polar surface area (TPSA) is 58.6 Å². The van der Waals surface area contributed by atoms with Crippen molar-refractivity contribution in [2.45, 2.75) is 26.5 Å². The number of benzene rings is 2. The van der Waals surface area contributed by atoms with Gasteiger partial charge in [-0.2, -0.15) is 0 Å². The largest absolute Gasteiger partial charge is 0.481 e. The molecule has 0 heterocycles. The number of nitrogens with zero attached hydrogens (tertiary/aromatic N) is 1. The number of amides is 2. The van der Waals surface area contributed by atoms with Crippen LogP contribution in [0.5, 0.6) is 5.75 Å². The minimum atomic E-state index is -0.740. The molecule has 0 aromatic heterocycles. The van der Waals surface area contributed by atoms with Crippen molar-refractivity contribution >= 4 is 23.4 Å². The Morgan fingerprint density at radius 3 is 2.37 bits per heavy atom. The van der Waals surface area contributed by atoms with Gasteiger partial charge in [-0.15, -0.1) is 0 Å². The summed E-state index contributed by atoms with van der Waals surface area (Å²) in [6, 6.07) is 12.6. The summed E-state index contributed by atoms with van der Waals surface area (Å²) in [6.07, 6.45) is -0.740. The molecule has 7 heteroatoms. The molecule has 2 amide bonds. The van der Waals surface area contributed by atoms with Crippen molar-refractivity contribution in [2.75, 3.05) is 13.1 Å². The zero-order valence-electron chi connectivity index (χ0n) is 15.2. The summed E-state index contributed by atoms with van der Waals surface area (Å²) >= 11 is 5.83. The lowest BCUT2D eigenvalue weighted by Crippen LogP contribution is -2.45. The minimum absolute atomic E-state index is 0.0785. The first-order valence-electron chi connectivity index (χ1n) is 8.61. The lowest BCUT2D eigenvalue weighted by atomic mass is 10.2. The number of hydrogen-bond acceptors (Lipinski definition) is 3. The Morgan fingerprint density at radius 2 is 1.78 bits per heavy atom. The van der Waals surface area contributed by atoms with Crippen molar-refractivity contribution < 1.29 is 18.7 Å². The van der Waals surface area contributed by atoms with Gasteiger partial charge in [-0.25, -0.2) is 4.39 Å². The molecule has 144 valence electrons. The van der Waals surface area contributed by atoms with Crippen molar-refractivity contribution in [3.05, 3.63) is 64.9 Å². The van der Waals surface area contributed by atoms with Gasteiger partial charge in [0.15, 0.2) is 6.10 Å². The van der Waals surface area contributed by atoms with Crippen LogP contribution in [0.1, 0.15) is 19.4 Å². The highest BCUT2D eigenvalue weighted by Crippen LogP contribution is 2.17. The lowest BCUT2D eigenvalue weighted by Gasteiger charge is -2.24. The van der Waals surface area contributed by atoms with E-state index in [9.17, 15) is 14.0 Å². The monoisotopic (exact) mass is 392 g/mol. The van der Waals surface area contributed by atoms with Crippen molar-refractivity contribution in [2.24, 2.45) is 0 Å².